The Hall–Kier alpha value is -2.05. The van der Waals surface area contributed by atoms with Crippen LogP contribution in [0, 0.1) is 11.8 Å². The van der Waals surface area contributed by atoms with Gasteiger partial charge in [-0.2, -0.15) is 0 Å². The molecule has 0 radical (unpaired) electrons. The predicted molar refractivity (Wildman–Crippen MR) is 105 cm³/mol. The van der Waals surface area contributed by atoms with Crippen LogP contribution in [0.2, 0.25) is 0 Å². The molecular weight excluding hydrogens is 356 g/mol. The number of hydrogen-bond acceptors (Lipinski definition) is 5. The van der Waals surface area contributed by atoms with Crippen LogP contribution in [-0.4, -0.2) is 54.0 Å². The number of rotatable bonds is 3. The Morgan fingerprint density at radius 1 is 1.39 bits per heavy atom. The third-order valence-corrected chi connectivity index (χ3v) is 7.51. The maximum Gasteiger partial charge on any atom is 0.319 e. The number of H-pyrrole nitrogens is 1. The SMILES string of the molecule is CC[C@H]1C[C@H]2C[C@@]3(C(=O)OC)c4[nH]c5cc(OC)ccc5c4CCN(C2O)[C@@H]13. The highest BCUT2D eigenvalue weighted by atomic mass is 16.5. The first-order chi connectivity index (χ1) is 13.5. The molecule has 1 aromatic carbocycles. The molecule has 6 heteroatoms. The number of piperidine rings is 2. The molecule has 2 N–H and O–H groups in total. The topological polar surface area (TPSA) is 74.8 Å². The number of carbonyl (C=O) groups is 1. The zero-order chi connectivity index (χ0) is 19.6. The standard InChI is InChI=1S/C22H28N2O4/c1-4-12-9-13-11-22(21(26)28-3)18-16(7-8-24(19(12)22)20(13)25)15-6-5-14(27-2)10-17(15)23-18/h5-6,10,12-13,19-20,23,25H,4,7-9,11H2,1-3H3/t12-,13-,19-,20?,22+/m0/s1. The fourth-order valence-electron chi connectivity index (χ4n) is 6.40. The highest BCUT2D eigenvalue weighted by molar-refractivity contribution is 5.92. The van der Waals surface area contributed by atoms with E-state index in [1.807, 2.05) is 12.1 Å². The van der Waals surface area contributed by atoms with Crippen molar-refractivity contribution in [2.45, 2.75) is 50.3 Å². The van der Waals surface area contributed by atoms with Crippen molar-refractivity contribution in [3.05, 3.63) is 29.5 Å². The molecule has 0 amide bonds. The van der Waals surface area contributed by atoms with E-state index in [9.17, 15) is 9.90 Å². The molecule has 6 rings (SSSR count). The summed E-state index contributed by atoms with van der Waals surface area (Å²) in [5, 5.41) is 12.1. The largest absolute Gasteiger partial charge is 0.497 e. The molecule has 1 saturated carbocycles. The van der Waals surface area contributed by atoms with Crippen molar-refractivity contribution < 1.29 is 19.4 Å². The van der Waals surface area contributed by atoms with Crippen molar-refractivity contribution in [1.29, 1.82) is 0 Å². The number of nitrogens with zero attached hydrogens (tertiary/aromatic N) is 1. The molecule has 6 atom stereocenters. The molecule has 3 aliphatic heterocycles. The van der Waals surface area contributed by atoms with E-state index in [2.05, 4.69) is 22.9 Å². The lowest BCUT2D eigenvalue weighted by molar-refractivity contribution is -0.196. The van der Waals surface area contributed by atoms with Crippen LogP contribution in [0.15, 0.2) is 18.2 Å². The van der Waals surface area contributed by atoms with Crippen LogP contribution in [0.3, 0.4) is 0 Å². The maximum atomic E-state index is 13.4. The molecule has 2 aromatic rings. The van der Waals surface area contributed by atoms with E-state index in [1.165, 1.54) is 12.7 Å². The summed E-state index contributed by atoms with van der Waals surface area (Å²) in [6, 6.07) is 6.00. The quantitative estimate of drug-likeness (QED) is 0.796. The number of nitrogens with one attached hydrogen (secondary N) is 1. The summed E-state index contributed by atoms with van der Waals surface area (Å²) in [4.78, 5) is 19.2. The lowest BCUT2D eigenvalue weighted by atomic mass is 9.56. The van der Waals surface area contributed by atoms with Gasteiger partial charge in [-0.25, -0.2) is 0 Å². The molecule has 2 unspecified atom stereocenters. The number of aromatic amines is 1. The van der Waals surface area contributed by atoms with E-state index in [-0.39, 0.29) is 17.9 Å². The summed E-state index contributed by atoms with van der Waals surface area (Å²) in [5.74, 6) is 1.07. The second kappa shape index (κ2) is 6.22. The Kier molecular flexibility index (Phi) is 4.00. The lowest BCUT2D eigenvalue weighted by Gasteiger charge is -2.59. The molecule has 4 bridgehead atoms. The lowest BCUT2D eigenvalue weighted by Crippen LogP contribution is -2.70. The van der Waals surface area contributed by atoms with E-state index >= 15 is 0 Å². The van der Waals surface area contributed by atoms with Gasteiger partial charge in [0.1, 0.15) is 17.4 Å². The molecular formula is C22H28N2O4. The summed E-state index contributed by atoms with van der Waals surface area (Å²) in [7, 11) is 3.15. The number of esters is 1. The van der Waals surface area contributed by atoms with Crippen LogP contribution in [0.4, 0.5) is 0 Å². The van der Waals surface area contributed by atoms with Crippen LogP contribution in [0.25, 0.3) is 10.9 Å². The monoisotopic (exact) mass is 384 g/mol. The zero-order valence-corrected chi connectivity index (χ0v) is 16.7. The first kappa shape index (κ1) is 18.0. The number of methoxy groups -OCH3 is 2. The Morgan fingerprint density at radius 3 is 2.93 bits per heavy atom. The van der Waals surface area contributed by atoms with E-state index in [1.54, 1.807) is 7.11 Å². The minimum absolute atomic E-state index is 0.0406. The molecule has 3 fully saturated rings. The number of fused-ring (bicyclic) bond motifs is 4. The van der Waals surface area contributed by atoms with E-state index in [0.717, 1.165) is 48.2 Å². The molecule has 1 aliphatic carbocycles. The first-order valence-electron chi connectivity index (χ1n) is 10.3. The Balaban J connectivity index is 1.79. The van der Waals surface area contributed by atoms with Crippen LogP contribution >= 0.6 is 0 Å². The van der Waals surface area contributed by atoms with Gasteiger partial charge in [-0.05, 0) is 42.9 Å². The third kappa shape index (κ3) is 2.13. The van der Waals surface area contributed by atoms with Gasteiger partial charge in [0, 0.05) is 41.2 Å². The molecule has 2 saturated heterocycles. The van der Waals surface area contributed by atoms with E-state index < -0.39 is 11.6 Å². The van der Waals surface area contributed by atoms with Crippen molar-refractivity contribution in [1.82, 2.24) is 9.88 Å². The summed E-state index contributed by atoms with van der Waals surface area (Å²) in [5.41, 5.74) is 2.41. The second-order valence-electron chi connectivity index (χ2n) is 8.57. The number of aromatic nitrogens is 1. The van der Waals surface area contributed by atoms with Crippen LogP contribution in [0.1, 0.15) is 37.4 Å². The molecule has 4 aliphatic rings. The highest BCUT2D eigenvalue weighted by Gasteiger charge is 2.65. The fraction of sp³-hybridized carbons (Fsp3) is 0.591. The number of ether oxygens (including phenoxy) is 2. The third-order valence-electron chi connectivity index (χ3n) is 7.51. The summed E-state index contributed by atoms with van der Waals surface area (Å²) >= 11 is 0. The van der Waals surface area contributed by atoms with Gasteiger partial charge in [-0.1, -0.05) is 13.3 Å². The number of hydrogen-bond donors (Lipinski definition) is 2. The van der Waals surface area contributed by atoms with Gasteiger partial charge in [0.25, 0.3) is 0 Å². The van der Waals surface area contributed by atoms with Crippen molar-refractivity contribution in [2.75, 3.05) is 20.8 Å². The predicted octanol–water partition coefficient (Wildman–Crippen LogP) is 2.58. The minimum Gasteiger partial charge on any atom is -0.497 e. The van der Waals surface area contributed by atoms with Crippen molar-refractivity contribution in [2.24, 2.45) is 11.8 Å². The summed E-state index contributed by atoms with van der Waals surface area (Å²) in [6.07, 6.45) is 2.93. The van der Waals surface area contributed by atoms with Crippen LogP contribution in [-0.2, 0) is 21.4 Å². The Labute approximate surface area is 164 Å². The average molecular weight is 384 g/mol. The zero-order valence-electron chi connectivity index (χ0n) is 16.7. The van der Waals surface area contributed by atoms with Gasteiger partial charge in [-0.15, -0.1) is 0 Å². The van der Waals surface area contributed by atoms with Gasteiger partial charge in [0.05, 0.1) is 14.2 Å². The molecule has 6 nitrogen and oxygen atoms in total. The summed E-state index contributed by atoms with van der Waals surface area (Å²) in [6.45, 7) is 2.94. The number of aliphatic hydroxyl groups excluding tert-OH is 1. The van der Waals surface area contributed by atoms with Crippen LogP contribution in [0.5, 0.6) is 5.75 Å². The van der Waals surface area contributed by atoms with Gasteiger partial charge in [0.2, 0.25) is 0 Å². The number of benzene rings is 1. The maximum absolute atomic E-state index is 13.4. The van der Waals surface area contributed by atoms with E-state index in [4.69, 9.17) is 9.47 Å². The minimum atomic E-state index is -0.754. The highest BCUT2D eigenvalue weighted by Crippen LogP contribution is 2.57. The smallest absolute Gasteiger partial charge is 0.319 e. The van der Waals surface area contributed by atoms with Gasteiger partial charge < -0.3 is 19.6 Å². The van der Waals surface area contributed by atoms with Gasteiger partial charge >= 0.3 is 5.97 Å². The molecule has 4 heterocycles. The average Bonchev–Trinajstić information content (AvgIpc) is 3.04. The molecule has 150 valence electrons. The molecule has 1 aromatic heterocycles. The molecule has 0 spiro atoms. The molecule has 28 heavy (non-hydrogen) atoms. The van der Waals surface area contributed by atoms with Gasteiger partial charge in [-0.3, -0.25) is 9.69 Å². The first-order valence-corrected chi connectivity index (χ1v) is 10.3. The second-order valence-corrected chi connectivity index (χ2v) is 8.57. The fourth-order valence-corrected chi connectivity index (χ4v) is 6.40. The van der Waals surface area contributed by atoms with Crippen LogP contribution < -0.4 is 4.74 Å². The van der Waals surface area contributed by atoms with Crippen molar-refractivity contribution in [3.8, 4) is 5.75 Å². The number of carbonyl (C=O) groups excluding carboxylic acids is 1. The normalized spacial score (nSPS) is 36.1. The summed E-state index contributed by atoms with van der Waals surface area (Å²) < 4.78 is 10.8. The van der Waals surface area contributed by atoms with Gasteiger partial charge in [0.15, 0.2) is 0 Å². The Bertz CT molecular complexity index is 938. The number of aliphatic hydroxyl groups is 1. The van der Waals surface area contributed by atoms with Crippen molar-refractivity contribution in [3.63, 3.8) is 0 Å². The Morgan fingerprint density at radius 2 is 2.21 bits per heavy atom. The van der Waals surface area contributed by atoms with Crippen molar-refractivity contribution >= 4 is 16.9 Å². The van der Waals surface area contributed by atoms with E-state index in [0.29, 0.717) is 12.3 Å².